The van der Waals surface area contributed by atoms with Gasteiger partial charge in [0.25, 0.3) is 5.56 Å². The molecule has 0 aliphatic heterocycles. The number of hydrogen-bond donors (Lipinski definition) is 2. The molecule has 0 spiro atoms. The molecule has 0 amide bonds. The maximum atomic E-state index is 12.7. The molecule has 160 valence electrons. The molecule has 0 bridgehead atoms. The number of nitriles is 1. The number of hydrogen-bond acceptors (Lipinski definition) is 5. The number of imidazole rings is 1. The van der Waals surface area contributed by atoms with Crippen molar-refractivity contribution in [1.82, 2.24) is 14.1 Å². The molecular formula is C21H19BrClN5O3. The second-order valence-electron chi connectivity index (χ2n) is 7.18. The van der Waals surface area contributed by atoms with Crippen molar-refractivity contribution in [1.29, 1.82) is 5.26 Å². The summed E-state index contributed by atoms with van der Waals surface area (Å²) in [6, 6.07) is 9.35. The van der Waals surface area contributed by atoms with Crippen molar-refractivity contribution in [3.63, 3.8) is 0 Å². The van der Waals surface area contributed by atoms with Crippen molar-refractivity contribution in [3.8, 4) is 6.07 Å². The Morgan fingerprint density at radius 3 is 2.52 bits per heavy atom. The number of aromatic nitrogens is 3. The number of anilines is 1. The number of aryl methyl sites for hydroxylation is 1. The summed E-state index contributed by atoms with van der Waals surface area (Å²) in [4.78, 5) is 28.9. The van der Waals surface area contributed by atoms with Crippen molar-refractivity contribution in [2.24, 2.45) is 7.05 Å². The predicted molar refractivity (Wildman–Crippen MR) is 121 cm³/mol. The molecule has 3 aromatic rings. The lowest BCUT2D eigenvalue weighted by atomic mass is 9.99. The molecule has 1 aromatic carbocycles. The molecule has 1 unspecified atom stereocenters. The van der Waals surface area contributed by atoms with Crippen LogP contribution in [-0.2, 0) is 7.05 Å². The molecule has 3 rings (SSSR count). The van der Waals surface area contributed by atoms with Crippen molar-refractivity contribution in [2.75, 3.05) is 5.32 Å². The Morgan fingerprint density at radius 1 is 1.32 bits per heavy atom. The summed E-state index contributed by atoms with van der Waals surface area (Å²) in [6.07, 6.45) is 1.49. The topological polar surface area (TPSA) is 113 Å². The van der Waals surface area contributed by atoms with E-state index in [2.05, 4.69) is 32.3 Å². The van der Waals surface area contributed by atoms with Crippen LogP contribution in [0, 0.1) is 11.3 Å². The zero-order valence-corrected chi connectivity index (χ0v) is 19.3. The van der Waals surface area contributed by atoms with Crippen LogP contribution in [0.5, 0.6) is 0 Å². The van der Waals surface area contributed by atoms with Crippen LogP contribution >= 0.6 is 27.5 Å². The van der Waals surface area contributed by atoms with Gasteiger partial charge in [-0.15, -0.1) is 0 Å². The molecule has 8 nitrogen and oxygen atoms in total. The van der Waals surface area contributed by atoms with Gasteiger partial charge in [-0.3, -0.25) is 4.79 Å². The summed E-state index contributed by atoms with van der Waals surface area (Å²) < 4.78 is 3.44. The third kappa shape index (κ3) is 4.50. The summed E-state index contributed by atoms with van der Waals surface area (Å²) in [6.45, 7) is 3.80. The highest BCUT2D eigenvalue weighted by Gasteiger charge is 2.30. The van der Waals surface area contributed by atoms with Gasteiger partial charge in [-0.1, -0.05) is 23.7 Å². The van der Waals surface area contributed by atoms with Gasteiger partial charge in [0.15, 0.2) is 10.4 Å². The first-order valence-electron chi connectivity index (χ1n) is 9.27. The van der Waals surface area contributed by atoms with Gasteiger partial charge in [0.2, 0.25) is 0 Å². The molecule has 0 radical (unpaired) electrons. The van der Waals surface area contributed by atoms with Gasteiger partial charge in [0.1, 0.15) is 5.69 Å². The average Bonchev–Trinajstić information content (AvgIpc) is 3.07. The third-order valence-corrected chi connectivity index (χ3v) is 5.49. The molecule has 10 heteroatoms. The molecule has 0 aliphatic rings. The van der Waals surface area contributed by atoms with Gasteiger partial charge in [0.05, 0.1) is 28.4 Å². The van der Waals surface area contributed by atoms with Gasteiger partial charge in [-0.25, -0.2) is 9.78 Å². The lowest BCUT2D eigenvalue weighted by Crippen LogP contribution is -2.26. The number of aromatic carboxylic acids is 1. The minimum atomic E-state index is -1.20. The van der Waals surface area contributed by atoms with E-state index >= 15 is 0 Å². The molecular weight excluding hydrogens is 486 g/mol. The molecule has 2 aromatic heterocycles. The maximum Gasteiger partial charge on any atom is 0.356 e. The first-order valence-corrected chi connectivity index (χ1v) is 10.4. The summed E-state index contributed by atoms with van der Waals surface area (Å²) in [5.41, 5.74) is 1.20. The Kier molecular flexibility index (Phi) is 6.53. The number of pyridine rings is 1. The first-order chi connectivity index (χ1) is 14.6. The summed E-state index contributed by atoms with van der Waals surface area (Å²) in [5.74, 6) is -1.20. The van der Waals surface area contributed by atoms with E-state index in [1.165, 1.54) is 16.8 Å². The van der Waals surface area contributed by atoms with Crippen molar-refractivity contribution >= 4 is 39.2 Å². The second kappa shape index (κ2) is 8.96. The number of carboxylic acids is 1. The van der Waals surface area contributed by atoms with Crippen LogP contribution in [0.25, 0.3) is 0 Å². The molecule has 0 saturated carbocycles. The zero-order valence-electron chi connectivity index (χ0n) is 16.9. The van der Waals surface area contributed by atoms with Crippen molar-refractivity contribution in [2.45, 2.75) is 25.9 Å². The fourth-order valence-corrected chi connectivity index (χ4v) is 4.36. The zero-order chi connectivity index (χ0) is 22.9. The van der Waals surface area contributed by atoms with E-state index in [-0.39, 0.29) is 23.0 Å². The van der Waals surface area contributed by atoms with E-state index in [1.807, 2.05) is 13.8 Å². The standard InChI is InChI=1S/C21H19BrClN5O3/c1-11(2)28-18(17(20(30)31)26-21(28)22)16(13-6-4-12(9-24)5-7-13)25-15-8-14(23)10-27(3)19(15)29/h4-8,10-11,16,25H,1-3H3,(H,30,31). The highest BCUT2D eigenvalue weighted by Crippen LogP contribution is 2.33. The van der Waals surface area contributed by atoms with Crippen LogP contribution in [0.1, 0.15) is 53.2 Å². The van der Waals surface area contributed by atoms with Crippen LogP contribution < -0.4 is 10.9 Å². The average molecular weight is 505 g/mol. The van der Waals surface area contributed by atoms with Crippen LogP contribution in [0.15, 0.2) is 46.1 Å². The van der Waals surface area contributed by atoms with E-state index < -0.39 is 12.0 Å². The summed E-state index contributed by atoms with van der Waals surface area (Å²) in [7, 11) is 1.58. The number of nitrogens with one attached hydrogen (secondary N) is 1. The van der Waals surface area contributed by atoms with Crippen LogP contribution in [0.3, 0.4) is 0 Å². The number of carbonyl (C=O) groups is 1. The molecule has 2 N–H and O–H groups in total. The fraction of sp³-hybridized carbons (Fsp3) is 0.238. The smallest absolute Gasteiger partial charge is 0.356 e. The van der Waals surface area contributed by atoms with Gasteiger partial charge >= 0.3 is 5.97 Å². The Labute approximate surface area is 191 Å². The minimum Gasteiger partial charge on any atom is -0.476 e. The Bertz CT molecular complexity index is 1240. The van der Waals surface area contributed by atoms with E-state index in [0.29, 0.717) is 26.6 Å². The SMILES string of the molecule is CC(C)n1c(Br)nc(C(=O)O)c1C(Nc1cc(Cl)cn(C)c1=O)c1ccc(C#N)cc1. The molecule has 0 fully saturated rings. The minimum absolute atomic E-state index is 0.130. The van der Waals surface area contributed by atoms with E-state index in [9.17, 15) is 14.7 Å². The summed E-state index contributed by atoms with van der Waals surface area (Å²) >= 11 is 9.50. The maximum absolute atomic E-state index is 12.7. The van der Waals surface area contributed by atoms with Gasteiger partial charge in [-0.2, -0.15) is 5.26 Å². The first kappa shape index (κ1) is 22.6. The molecule has 1 atom stereocenters. The lowest BCUT2D eigenvalue weighted by molar-refractivity contribution is 0.0689. The molecule has 2 heterocycles. The Balaban J connectivity index is 2.29. The number of benzene rings is 1. The predicted octanol–water partition coefficient (Wildman–Crippen LogP) is 4.35. The lowest BCUT2D eigenvalue weighted by Gasteiger charge is -2.24. The Morgan fingerprint density at radius 2 is 1.97 bits per heavy atom. The van der Waals surface area contributed by atoms with Gasteiger partial charge in [-0.05, 0) is 53.5 Å². The molecule has 0 saturated heterocycles. The van der Waals surface area contributed by atoms with E-state index in [4.69, 9.17) is 16.9 Å². The monoisotopic (exact) mass is 503 g/mol. The third-order valence-electron chi connectivity index (χ3n) is 4.72. The van der Waals surface area contributed by atoms with Crippen LogP contribution in [0.2, 0.25) is 5.02 Å². The van der Waals surface area contributed by atoms with Gasteiger partial charge in [0, 0.05) is 19.3 Å². The normalized spacial score (nSPS) is 11.9. The van der Waals surface area contributed by atoms with Crippen molar-refractivity contribution in [3.05, 3.63) is 79.2 Å². The van der Waals surface area contributed by atoms with E-state index in [1.54, 1.807) is 35.9 Å². The number of carboxylic acid groups (broad SMARTS) is 1. The molecule has 0 aliphatic carbocycles. The second-order valence-corrected chi connectivity index (χ2v) is 8.33. The van der Waals surface area contributed by atoms with Crippen molar-refractivity contribution < 1.29 is 9.90 Å². The highest BCUT2D eigenvalue weighted by molar-refractivity contribution is 9.10. The fourth-order valence-electron chi connectivity index (χ4n) is 3.33. The van der Waals surface area contributed by atoms with E-state index in [0.717, 1.165) is 0 Å². The quantitative estimate of drug-likeness (QED) is 0.516. The highest BCUT2D eigenvalue weighted by atomic mass is 79.9. The Hall–Kier alpha value is -3.09. The summed E-state index contributed by atoms with van der Waals surface area (Å²) in [5, 5.41) is 22.5. The van der Waals surface area contributed by atoms with Gasteiger partial charge < -0.3 is 19.6 Å². The number of rotatable bonds is 6. The van der Waals surface area contributed by atoms with Crippen LogP contribution in [-0.4, -0.2) is 25.2 Å². The number of nitrogens with zero attached hydrogens (tertiary/aromatic N) is 4. The van der Waals surface area contributed by atoms with Crippen LogP contribution in [0.4, 0.5) is 5.69 Å². The number of halogens is 2. The largest absolute Gasteiger partial charge is 0.476 e. The molecule has 31 heavy (non-hydrogen) atoms.